The van der Waals surface area contributed by atoms with Gasteiger partial charge >= 0.3 is 0 Å². The maximum absolute atomic E-state index is 12.7. The predicted molar refractivity (Wildman–Crippen MR) is 190 cm³/mol. The lowest BCUT2D eigenvalue weighted by atomic mass is 9.92. The zero-order valence-electron chi connectivity index (χ0n) is 27.2. The Bertz CT molecular complexity index is 1740. The van der Waals surface area contributed by atoms with Gasteiger partial charge in [0.1, 0.15) is 17.3 Å². The molecule has 49 heavy (non-hydrogen) atoms. The van der Waals surface area contributed by atoms with Gasteiger partial charge < -0.3 is 46.9 Å². The molecule has 13 nitrogen and oxygen atoms in total. The second kappa shape index (κ2) is 18.0. The summed E-state index contributed by atoms with van der Waals surface area (Å²) in [6.45, 7) is 4.00. The van der Waals surface area contributed by atoms with Gasteiger partial charge in [0, 0.05) is 48.6 Å². The molecule has 0 aliphatic rings. The highest BCUT2D eigenvalue weighted by molar-refractivity contribution is 9.10. The van der Waals surface area contributed by atoms with Crippen LogP contribution in [0.4, 0.5) is 11.5 Å². The molecule has 0 fully saturated rings. The SMILES string of the molecule is CCc1c(-c2ccc(C(=O)NCCCNC(=O)CCOCCOCCc3cc(O)c(O)c(Br)c3N)nc2)cnc(N)c1-c1ccc(O)cc1. The second-order valence-electron chi connectivity index (χ2n) is 11.1. The van der Waals surface area contributed by atoms with Crippen LogP contribution >= 0.6 is 15.9 Å². The van der Waals surface area contributed by atoms with Gasteiger partial charge in [-0.05, 0) is 76.1 Å². The molecule has 9 N–H and O–H groups in total. The smallest absolute Gasteiger partial charge is 0.269 e. The lowest BCUT2D eigenvalue weighted by Crippen LogP contribution is -2.30. The first-order valence-electron chi connectivity index (χ1n) is 15.8. The number of nitrogen functional groups attached to an aromatic ring is 2. The van der Waals surface area contributed by atoms with Crippen molar-refractivity contribution in [2.75, 3.05) is 51.0 Å². The maximum atomic E-state index is 12.7. The predicted octanol–water partition coefficient (Wildman–Crippen LogP) is 4.32. The molecule has 4 aromatic rings. The highest BCUT2D eigenvalue weighted by Crippen LogP contribution is 2.40. The van der Waals surface area contributed by atoms with Crippen molar-refractivity contribution < 1.29 is 34.4 Å². The first-order chi connectivity index (χ1) is 23.6. The van der Waals surface area contributed by atoms with Gasteiger partial charge in [-0.1, -0.05) is 25.1 Å². The Morgan fingerprint density at radius 1 is 0.878 bits per heavy atom. The first-order valence-corrected chi connectivity index (χ1v) is 16.6. The molecule has 0 spiro atoms. The van der Waals surface area contributed by atoms with Gasteiger partial charge in [0.2, 0.25) is 5.91 Å². The van der Waals surface area contributed by atoms with Crippen molar-refractivity contribution >= 4 is 39.2 Å². The van der Waals surface area contributed by atoms with Crippen LogP contribution in [0.25, 0.3) is 22.3 Å². The number of halogens is 1. The number of nitrogens with one attached hydrogen (secondary N) is 2. The Balaban J connectivity index is 1.11. The largest absolute Gasteiger partial charge is 0.508 e. The minimum Gasteiger partial charge on any atom is -0.508 e. The number of phenols is 3. The highest BCUT2D eigenvalue weighted by Gasteiger charge is 2.17. The number of ether oxygens (including phenoxy) is 2. The van der Waals surface area contributed by atoms with E-state index >= 15 is 0 Å². The van der Waals surface area contributed by atoms with Crippen LogP contribution < -0.4 is 22.1 Å². The summed E-state index contributed by atoms with van der Waals surface area (Å²) in [7, 11) is 0. The van der Waals surface area contributed by atoms with E-state index in [0.717, 1.165) is 27.8 Å². The normalized spacial score (nSPS) is 11.0. The minimum atomic E-state index is -0.318. The molecule has 260 valence electrons. The Kier molecular flexibility index (Phi) is 13.6. The van der Waals surface area contributed by atoms with Crippen LogP contribution in [0, 0.1) is 0 Å². The van der Waals surface area contributed by atoms with Gasteiger partial charge in [0.25, 0.3) is 5.91 Å². The standard InChI is InChI=1S/C35H41BrN6O7/c1-2-25-26(20-42-34(38)30(25)21-4-7-24(43)8-5-21)23-6-9-27(41-19-23)35(47)40-13-3-12-39-29(45)11-15-49-17-16-48-14-10-22-18-28(44)33(46)31(36)32(22)37/h4-9,18-20,43-44,46H,2-3,10-17,37H2,1H3,(H2,38,42)(H,39,45)(H,40,47). The topological polar surface area (TPSA) is 215 Å². The molecule has 0 saturated heterocycles. The minimum absolute atomic E-state index is 0.158. The van der Waals surface area contributed by atoms with Crippen LogP contribution in [0.5, 0.6) is 17.2 Å². The number of nitrogens with two attached hydrogens (primary N) is 2. The van der Waals surface area contributed by atoms with E-state index in [-0.39, 0.29) is 52.3 Å². The van der Waals surface area contributed by atoms with Gasteiger partial charge in [-0.25, -0.2) is 4.98 Å². The molecule has 0 aliphatic heterocycles. The summed E-state index contributed by atoms with van der Waals surface area (Å²) in [5.74, 6) is -0.478. The first kappa shape index (κ1) is 36.9. The Morgan fingerprint density at radius 2 is 1.57 bits per heavy atom. The number of benzene rings is 2. The molecule has 0 bridgehead atoms. The molecule has 2 aromatic carbocycles. The maximum Gasteiger partial charge on any atom is 0.269 e. The van der Waals surface area contributed by atoms with Crippen molar-refractivity contribution in [3.05, 3.63) is 76.2 Å². The van der Waals surface area contributed by atoms with Gasteiger partial charge in [0.15, 0.2) is 11.5 Å². The number of hydrogen-bond acceptors (Lipinski definition) is 11. The average molecular weight is 738 g/mol. The summed E-state index contributed by atoms with van der Waals surface area (Å²) in [4.78, 5) is 33.5. The molecule has 4 rings (SSSR count). The lowest BCUT2D eigenvalue weighted by molar-refractivity contribution is -0.122. The zero-order chi connectivity index (χ0) is 35.3. The van der Waals surface area contributed by atoms with E-state index in [0.29, 0.717) is 69.2 Å². The third kappa shape index (κ3) is 10.0. The van der Waals surface area contributed by atoms with Crippen molar-refractivity contribution in [2.24, 2.45) is 0 Å². The number of amides is 2. The van der Waals surface area contributed by atoms with E-state index in [9.17, 15) is 24.9 Å². The molecule has 2 amide bonds. The average Bonchev–Trinajstić information content (AvgIpc) is 3.10. The number of pyridine rings is 2. The Morgan fingerprint density at radius 3 is 2.27 bits per heavy atom. The monoisotopic (exact) mass is 736 g/mol. The van der Waals surface area contributed by atoms with Crippen LogP contribution in [0.3, 0.4) is 0 Å². The van der Waals surface area contributed by atoms with Crippen LogP contribution in [0.15, 0.2) is 59.3 Å². The van der Waals surface area contributed by atoms with Gasteiger partial charge in [-0.2, -0.15) is 0 Å². The van der Waals surface area contributed by atoms with Crippen molar-refractivity contribution in [3.63, 3.8) is 0 Å². The molecule has 14 heteroatoms. The fourth-order valence-corrected chi connectivity index (χ4v) is 5.54. The molecule has 0 aliphatic carbocycles. The number of phenolic OH excluding ortho intramolecular Hbond substituents is 3. The van der Waals surface area contributed by atoms with Crippen LogP contribution in [-0.4, -0.2) is 76.6 Å². The number of nitrogens with zero attached hydrogens (tertiary/aromatic N) is 2. The van der Waals surface area contributed by atoms with Gasteiger partial charge in [-0.3, -0.25) is 14.6 Å². The summed E-state index contributed by atoms with van der Waals surface area (Å²) in [6, 6.07) is 11.7. The third-order valence-electron chi connectivity index (χ3n) is 7.70. The van der Waals surface area contributed by atoms with Gasteiger partial charge in [0.05, 0.1) is 36.6 Å². The van der Waals surface area contributed by atoms with E-state index in [4.69, 9.17) is 20.9 Å². The van der Waals surface area contributed by atoms with Gasteiger partial charge in [-0.15, -0.1) is 0 Å². The molecule has 0 atom stereocenters. The zero-order valence-corrected chi connectivity index (χ0v) is 28.8. The van der Waals surface area contributed by atoms with Crippen molar-refractivity contribution in [2.45, 2.75) is 32.6 Å². The number of rotatable bonds is 17. The molecular weight excluding hydrogens is 696 g/mol. The number of carbonyl (C=O) groups is 2. The van der Waals surface area contributed by atoms with E-state index in [1.54, 1.807) is 42.7 Å². The summed E-state index contributed by atoms with van der Waals surface area (Å²) in [6.07, 6.45) is 5.21. The molecule has 0 saturated carbocycles. The van der Waals surface area contributed by atoms with Crippen LogP contribution in [0.2, 0.25) is 0 Å². The quantitative estimate of drug-likeness (QED) is 0.0351. The molecule has 0 radical (unpaired) electrons. The fraction of sp³-hybridized carbons (Fsp3) is 0.314. The lowest BCUT2D eigenvalue weighted by Gasteiger charge is -2.16. The summed E-state index contributed by atoms with van der Waals surface area (Å²) in [5.41, 5.74) is 17.7. The molecular formula is C35H41BrN6O7. The van der Waals surface area contributed by atoms with Crippen LogP contribution in [0.1, 0.15) is 41.4 Å². The van der Waals surface area contributed by atoms with Crippen molar-refractivity contribution in [1.82, 2.24) is 20.6 Å². The number of hydrogen-bond donors (Lipinski definition) is 7. The van der Waals surface area contributed by atoms with E-state index in [1.807, 2.05) is 13.0 Å². The Hall–Kier alpha value is -4.92. The summed E-state index contributed by atoms with van der Waals surface area (Å²) < 4.78 is 11.2. The molecule has 2 aromatic heterocycles. The fourth-order valence-electron chi connectivity index (χ4n) is 5.08. The summed E-state index contributed by atoms with van der Waals surface area (Å²) >= 11 is 3.15. The van der Waals surface area contributed by atoms with E-state index in [1.165, 1.54) is 6.07 Å². The van der Waals surface area contributed by atoms with Crippen molar-refractivity contribution in [1.29, 1.82) is 0 Å². The molecule has 0 unspecified atom stereocenters. The molecule has 2 heterocycles. The van der Waals surface area contributed by atoms with E-state index in [2.05, 4.69) is 36.5 Å². The highest BCUT2D eigenvalue weighted by atomic mass is 79.9. The number of aromatic hydroxyl groups is 3. The van der Waals surface area contributed by atoms with Crippen molar-refractivity contribution in [3.8, 4) is 39.5 Å². The van der Waals surface area contributed by atoms with Crippen LogP contribution in [-0.2, 0) is 27.1 Å². The summed E-state index contributed by atoms with van der Waals surface area (Å²) in [5, 5.41) is 34.7. The number of carbonyl (C=O) groups excluding carboxylic acids is 2. The number of anilines is 2. The van der Waals surface area contributed by atoms with E-state index < -0.39 is 0 Å². The Labute approximate surface area is 292 Å². The number of aromatic nitrogens is 2. The third-order valence-corrected chi connectivity index (χ3v) is 8.50. The second-order valence-corrected chi connectivity index (χ2v) is 11.9.